The lowest BCUT2D eigenvalue weighted by Gasteiger charge is -2.18. The first-order chi connectivity index (χ1) is 13.7. The summed E-state index contributed by atoms with van der Waals surface area (Å²) in [5.74, 6) is 0.247. The van der Waals surface area contributed by atoms with E-state index in [2.05, 4.69) is 20.8 Å². The van der Waals surface area contributed by atoms with Gasteiger partial charge in [-0.05, 0) is 36.6 Å². The molecule has 4 rings (SSSR count). The lowest BCUT2D eigenvalue weighted by molar-refractivity contribution is 0.247. The van der Waals surface area contributed by atoms with Crippen LogP contribution in [0.2, 0.25) is 0 Å². The number of rotatable bonds is 4. The minimum absolute atomic E-state index is 0.329. The van der Waals surface area contributed by atoms with Crippen molar-refractivity contribution in [3.8, 4) is 5.75 Å². The molecule has 0 bridgehead atoms. The van der Waals surface area contributed by atoms with E-state index in [0.717, 1.165) is 17.0 Å². The van der Waals surface area contributed by atoms with E-state index >= 15 is 0 Å². The van der Waals surface area contributed by atoms with Gasteiger partial charge in [-0.1, -0.05) is 41.7 Å². The molecule has 144 valence electrons. The van der Waals surface area contributed by atoms with E-state index in [0.29, 0.717) is 35.9 Å². The van der Waals surface area contributed by atoms with Crippen molar-refractivity contribution in [1.82, 2.24) is 15.5 Å². The number of nitrogens with one attached hydrogen (secondary N) is 2. The molecule has 1 atom stereocenters. The van der Waals surface area contributed by atoms with E-state index in [1.54, 1.807) is 6.07 Å². The van der Waals surface area contributed by atoms with Crippen LogP contribution in [0.3, 0.4) is 0 Å². The number of fused-ring (bicyclic) bond motifs is 1. The van der Waals surface area contributed by atoms with Crippen LogP contribution in [0.15, 0.2) is 48.5 Å². The van der Waals surface area contributed by atoms with Crippen LogP contribution >= 0.6 is 11.3 Å². The van der Waals surface area contributed by atoms with Gasteiger partial charge in [-0.2, -0.15) is 0 Å². The maximum Gasteiger partial charge on any atom is 0.321 e. The predicted molar refractivity (Wildman–Crippen MR) is 105 cm³/mol. The molecule has 0 radical (unpaired) electrons. The summed E-state index contributed by atoms with van der Waals surface area (Å²) in [7, 11) is 0. The number of urea groups is 1. The molecule has 1 aliphatic heterocycles. The summed E-state index contributed by atoms with van der Waals surface area (Å²) < 4.78 is 19.3. The molecule has 0 saturated heterocycles. The first kappa shape index (κ1) is 18.4. The number of carbonyl (C=O) groups is 1. The average Bonchev–Trinajstić information content (AvgIpc) is 3.02. The fourth-order valence-corrected chi connectivity index (χ4v) is 3.90. The van der Waals surface area contributed by atoms with Crippen molar-refractivity contribution in [3.05, 3.63) is 70.5 Å². The van der Waals surface area contributed by atoms with Gasteiger partial charge >= 0.3 is 6.03 Å². The number of nitrogens with zero attached hydrogens (tertiary/aromatic N) is 2. The van der Waals surface area contributed by atoms with Crippen molar-refractivity contribution < 1.29 is 13.9 Å². The molecule has 0 aliphatic carbocycles. The highest BCUT2D eigenvalue weighted by atomic mass is 32.1. The van der Waals surface area contributed by atoms with Crippen molar-refractivity contribution >= 4 is 22.5 Å². The van der Waals surface area contributed by atoms with E-state index in [4.69, 9.17) is 4.74 Å². The third-order valence-electron chi connectivity index (χ3n) is 4.43. The molecule has 8 heteroatoms. The minimum atomic E-state index is -0.399. The van der Waals surface area contributed by atoms with Gasteiger partial charge in [0.1, 0.15) is 16.6 Å². The van der Waals surface area contributed by atoms with E-state index in [1.165, 1.54) is 23.5 Å². The Labute approximate surface area is 165 Å². The minimum Gasteiger partial charge on any atom is -0.493 e. The van der Waals surface area contributed by atoms with Crippen molar-refractivity contribution in [2.45, 2.75) is 25.3 Å². The Kier molecular flexibility index (Phi) is 5.48. The van der Waals surface area contributed by atoms with Gasteiger partial charge in [0, 0.05) is 12.0 Å². The summed E-state index contributed by atoms with van der Waals surface area (Å²) in [6, 6.07) is 13.6. The highest BCUT2D eigenvalue weighted by molar-refractivity contribution is 7.15. The van der Waals surface area contributed by atoms with Gasteiger partial charge in [-0.25, -0.2) is 9.18 Å². The van der Waals surface area contributed by atoms with E-state index in [1.807, 2.05) is 30.3 Å². The normalized spacial score (nSPS) is 15.8. The second-order valence-electron chi connectivity index (χ2n) is 6.49. The van der Waals surface area contributed by atoms with Gasteiger partial charge in [0.2, 0.25) is 5.13 Å². The Hall–Kier alpha value is -3.00. The molecule has 6 nitrogen and oxygen atoms in total. The van der Waals surface area contributed by atoms with E-state index < -0.39 is 6.03 Å². The molecule has 1 aliphatic rings. The fourth-order valence-electron chi connectivity index (χ4n) is 3.14. The lowest BCUT2D eigenvalue weighted by Crippen LogP contribution is -2.32. The van der Waals surface area contributed by atoms with Crippen LogP contribution in [0.5, 0.6) is 5.75 Å². The van der Waals surface area contributed by atoms with Crippen LogP contribution in [0.25, 0.3) is 0 Å². The molecule has 3 aromatic rings. The van der Waals surface area contributed by atoms with Crippen LogP contribution in [-0.4, -0.2) is 22.8 Å². The second-order valence-corrected chi connectivity index (χ2v) is 7.55. The quantitative estimate of drug-likeness (QED) is 0.687. The fraction of sp³-hybridized carbons (Fsp3) is 0.250. The Morgan fingerprint density at radius 3 is 2.93 bits per heavy atom. The number of ether oxygens (including phenoxy) is 1. The molecule has 28 heavy (non-hydrogen) atoms. The Bertz CT molecular complexity index is 964. The van der Waals surface area contributed by atoms with Crippen molar-refractivity contribution in [3.63, 3.8) is 0 Å². The van der Waals surface area contributed by atoms with Crippen LogP contribution in [0.1, 0.15) is 35.0 Å². The molecule has 0 saturated carbocycles. The number of hydrogen-bond acceptors (Lipinski definition) is 5. The molecule has 0 spiro atoms. The number of benzene rings is 2. The van der Waals surface area contributed by atoms with Crippen molar-refractivity contribution in [2.75, 3.05) is 11.9 Å². The highest BCUT2D eigenvalue weighted by Gasteiger charge is 2.22. The Balaban J connectivity index is 1.40. The second kappa shape index (κ2) is 8.35. The van der Waals surface area contributed by atoms with E-state index in [9.17, 15) is 9.18 Å². The first-order valence-corrected chi connectivity index (χ1v) is 9.85. The Morgan fingerprint density at radius 1 is 1.21 bits per heavy atom. The third kappa shape index (κ3) is 4.45. The molecular weight excluding hydrogens is 379 g/mol. The largest absolute Gasteiger partial charge is 0.493 e. The molecule has 2 amide bonds. The predicted octanol–water partition coefficient (Wildman–Crippen LogP) is 4.30. The van der Waals surface area contributed by atoms with Crippen LogP contribution < -0.4 is 15.4 Å². The molecular formula is C20H19FN4O2S. The summed E-state index contributed by atoms with van der Waals surface area (Å²) in [6.45, 7) is 0.539. The molecule has 2 N–H and O–H groups in total. The first-order valence-electron chi connectivity index (χ1n) is 9.03. The number of halogens is 1. The van der Waals surface area contributed by atoms with Crippen LogP contribution in [-0.2, 0) is 6.42 Å². The maximum atomic E-state index is 13.7. The maximum absolute atomic E-state index is 13.7. The number of amides is 2. The molecule has 2 aromatic carbocycles. The molecule has 1 unspecified atom stereocenters. The highest BCUT2D eigenvalue weighted by Crippen LogP contribution is 2.32. The molecule has 0 fully saturated rings. The van der Waals surface area contributed by atoms with Gasteiger partial charge in [0.25, 0.3) is 0 Å². The third-order valence-corrected chi connectivity index (χ3v) is 5.27. The number of aromatic nitrogens is 2. The van der Waals surface area contributed by atoms with Gasteiger partial charge in [-0.15, -0.1) is 10.2 Å². The Morgan fingerprint density at radius 2 is 2.07 bits per heavy atom. The van der Waals surface area contributed by atoms with Crippen molar-refractivity contribution in [1.29, 1.82) is 0 Å². The summed E-state index contributed by atoms with van der Waals surface area (Å²) in [5.41, 5.74) is 1.78. The monoisotopic (exact) mass is 398 g/mol. The van der Waals surface area contributed by atoms with Gasteiger partial charge in [0.15, 0.2) is 0 Å². The lowest BCUT2D eigenvalue weighted by atomic mass is 10.0. The van der Waals surface area contributed by atoms with Crippen LogP contribution in [0, 0.1) is 5.82 Å². The van der Waals surface area contributed by atoms with Gasteiger partial charge in [0.05, 0.1) is 12.6 Å². The molecule has 2 heterocycles. The van der Waals surface area contributed by atoms with E-state index in [-0.39, 0.29) is 11.9 Å². The zero-order chi connectivity index (χ0) is 19.3. The smallest absolute Gasteiger partial charge is 0.321 e. The number of carbonyl (C=O) groups excluding carboxylic acids is 1. The number of anilines is 1. The van der Waals surface area contributed by atoms with Gasteiger partial charge in [-0.3, -0.25) is 5.32 Å². The zero-order valence-corrected chi connectivity index (χ0v) is 15.8. The summed E-state index contributed by atoms with van der Waals surface area (Å²) in [6.07, 6.45) is 2.09. The summed E-state index contributed by atoms with van der Waals surface area (Å²) >= 11 is 1.33. The molecule has 1 aromatic heterocycles. The SMILES string of the molecule is O=C(Nc1nnc(Cc2ccccc2)s1)NC1CCCOc2ccc(F)cc21. The topological polar surface area (TPSA) is 76.1 Å². The van der Waals surface area contributed by atoms with Gasteiger partial charge < -0.3 is 10.1 Å². The zero-order valence-electron chi connectivity index (χ0n) is 15.0. The average molecular weight is 398 g/mol. The van der Waals surface area contributed by atoms with Crippen LogP contribution in [0.4, 0.5) is 14.3 Å². The summed E-state index contributed by atoms with van der Waals surface area (Å²) in [5, 5.41) is 15.0. The summed E-state index contributed by atoms with van der Waals surface area (Å²) in [4.78, 5) is 12.4. The standard InChI is InChI=1S/C20H19FN4O2S/c21-14-8-9-17-15(12-14)16(7-4-10-27-17)22-19(26)23-20-25-24-18(28-20)11-13-5-2-1-3-6-13/h1-3,5-6,8-9,12,16H,4,7,10-11H2,(H2,22,23,25,26). The van der Waals surface area contributed by atoms with Crippen molar-refractivity contribution in [2.24, 2.45) is 0 Å². The number of hydrogen-bond donors (Lipinski definition) is 2.